The molecule has 1 amide bonds. The molecule has 2 N–H and O–H groups in total. The molecule has 0 saturated carbocycles. The van der Waals surface area contributed by atoms with Crippen LogP contribution in [0.2, 0.25) is 0 Å². The Morgan fingerprint density at radius 3 is 2.69 bits per heavy atom. The predicted molar refractivity (Wildman–Crippen MR) is 107 cm³/mol. The summed E-state index contributed by atoms with van der Waals surface area (Å²) in [5.41, 5.74) is 0.887. The van der Waals surface area contributed by atoms with Crippen LogP contribution in [0.1, 0.15) is 21.6 Å². The maximum Gasteiger partial charge on any atom is 0.338 e. The Balaban J connectivity index is 1.80. The zero-order valence-electron chi connectivity index (χ0n) is 15.8. The van der Waals surface area contributed by atoms with Crippen LogP contribution in [0.15, 0.2) is 34.2 Å². The Kier molecular flexibility index (Phi) is 5.92. The van der Waals surface area contributed by atoms with E-state index in [1.54, 1.807) is 26.0 Å². The fourth-order valence-electron chi connectivity index (χ4n) is 2.59. The molecule has 0 radical (unpaired) electrons. The number of anilines is 1. The van der Waals surface area contributed by atoms with Crippen LogP contribution >= 0.6 is 11.8 Å². The van der Waals surface area contributed by atoms with Crippen LogP contribution in [0.5, 0.6) is 0 Å². The second-order valence-corrected chi connectivity index (χ2v) is 7.14. The first kappa shape index (κ1) is 20.5. The molecule has 0 saturated heterocycles. The van der Waals surface area contributed by atoms with Gasteiger partial charge in [0, 0.05) is 11.4 Å². The van der Waals surface area contributed by atoms with Crippen molar-refractivity contribution in [3.8, 4) is 0 Å². The molecule has 0 fully saturated rings. The van der Waals surface area contributed by atoms with Crippen molar-refractivity contribution in [3.63, 3.8) is 0 Å². The van der Waals surface area contributed by atoms with Gasteiger partial charge in [-0.05, 0) is 37.6 Å². The second kappa shape index (κ2) is 8.39. The number of fused-ring (bicyclic) bond motifs is 1. The molecule has 3 rings (SSSR count). The normalized spacial score (nSPS) is 10.8. The summed E-state index contributed by atoms with van der Waals surface area (Å²) < 4.78 is 18.3. The van der Waals surface area contributed by atoms with E-state index in [2.05, 4.69) is 20.3 Å². The number of ether oxygens (including phenoxy) is 1. The summed E-state index contributed by atoms with van der Waals surface area (Å²) in [4.78, 5) is 47.5. The first-order valence-electron chi connectivity index (χ1n) is 8.47. The Bertz CT molecular complexity index is 1180. The van der Waals surface area contributed by atoms with E-state index in [1.807, 2.05) is 0 Å². The van der Waals surface area contributed by atoms with E-state index in [1.165, 1.54) is 19.2 Å². The van der Waals surface area contributed by atoms with Crippen molar-refractivity contribution in [1.29, 1.82) is 0 Å². The van der Waals surface area contributed by atoms with Gasteiger partial charge in [-0.15, -0.1) is 0 Å². The van der Waals surface area contributed by atoms with Crippen molar-refractivity contribution in [3.05, 3.63) is 57.3 Å². The summed E-state index contributed by atoms with van der Waals surface area (Å²) in [6, 6.07) is 5.84. The molecule has 3 aromatic rings. The second-order valence-electron chi connectivity index (χ2n) is 6.17. The monoisotopic (exact) mass is 416 g/mol. The summed E-state index contributed by atoms with van der Waals surface area (Å²) in [6.07, 6.45) is 0. The number of nitrogens with zero attached hydrogens (tertiary/aromatic N) is 2. The van der Waals surface area contributed by atoms with Crippen molar-refractivity contribution in [2.75, 3.05) is 18.2 Å². The van der Waals surface area contributed by atoms with Gasteiger partial charge in [0.25, 0.3) is 5.56 Å². The number of hydrogen-bond acceptors (Lipinski definition) is 7. The van der Waals surface area contributed by atoms with E-state index < -0.39 is 23.3 Å². The molecular formula is C19H17FN4O4S. The lowest BCUT2D eigenvalue weighted by Gasteiger charge is -2.08. The van der Waals surface area contributed by atoms with Crippen LogP contribution in [-0.2, 0) is 9.53 Å². The summed E-state index contributed by atoms with van der Waals surface area (Å²) in [7, 11) is 1.22. The average molecular weight is 416 g/mol. The molecule has 0 spiro atoms. The number of nitrogens with one attached hydrogen (secondary N) is 2. The number of pyridine rings is 1. The SMILES string of the molecule is COC(=O)c1cc(C)nc2nc(SCC(=O)Nc3ccc(C)c(F)c3)[nH]c(=O)c12. The zero-order chi connectivity index (χ0) is 21.1. The number of esters is 1. The maximum absolute atomic E-state index is 13.6. The number of hydrogen-bond donors (Lipinski definition) is 2. The van der Waals surface area contributed by atoms with Gasteiger partial charge in [-0.25, -0.2) is 19.2 Å². The lowest BCUT2D eigenvalue weighted by molar-refractivity contribution is -0.113. The quantitative estimate of drug-likeness (QED) is 0.373. The molecule has 2 aromatic heterocycles. The van der Waals surface area contributed by atoms with Crippen LogP contribution < -0.4 is 10.9 Å². The Morgan fingerprint density at radius 2 is 2.00 bits per heavy atom. The highest BCUT2D eigenvalue weighted by Crippen LogP contribution is 2.19. The molecule has 8 nitrogen and oxygen atoms in total. The van der Waals surface area contributed by atoms with Crippen LogP contribution in [0.25, 0.3) is 11.0 Å². The minimum absolute atomic E-state index is 0.0198. The molecule has 29 heavy (non-hydrogen) atoms. The van der Waals surface area contributed by atoms with Gasteiger partial charge in [0.2, 0.25) is 5.91 Å². The lowest BCUT2D eigenvalue weighted by atomic mass is 10.1. The van der Waals surface area contributed by atoms with Gasteiger partial charge >= 0.3 is 5.97 Å². The molecular weight excluding hydrogens is 399 g/mol. The molecule has 10 heteroatoms. The van der Waals surface area contributed by atoms with Crippen LogP contribution in [-0.4, -0.2) is 39.7 Å². The van der Waals surface area contributed by atoms with E-state index >= 15 is 0 Å². The number of halogens is 1. The number of aromatic amines is 1. The summed E-state index contributed by atoms with van der Waals surface area (Å²) >= 11 is 0.981. The minimum atomic E-state index is -0.669. The molecule has 0 atom stereocenters. The van der Waals surface area contributed by atoms with Crippen LogP contribution in [0.4, 0.5) is 10.1 Å². The number of rotatable bonds is 5. The van der Waals surface area contributed by atoms with Gasteiger partial charge in [0.1, 0.15) is 5.82 Å². The van der Waals surface area contributed by atoms with Gasteiger partial charge in [-0.3, -0.25) is 9.59 Å². The number of aromatic nitrogens is 3. The van der Waals surface area contributed by atoms with Gasteiger partial charge in [-0.2, -0.15) is 0 Å². The first-order chi connectivity index (χ1) is 13.8. The highest BCUT2D eigenvalue weighted by Gasteiger charge is 2.18. The van der Waals surface area contributed by atoms with E-state index in [-0.39, 0.29) is 27.5 Å². The minimum Gasteiger partial charge on any atom is -0.465 e. The standard InChI is InChI=1S/C19H17FN4O4S/c1-9-4-5-11(7-13(9)20)22-14(25)8-29-19-23-16-15(17(26)24-19)12(18(27)28-3)6-10(2)21-16/h4-7H,8H2,1-3H3,(H,22,25)(H,21,23,24,26). The third kappa shape index (κ3) is 4.60. The fraction of sp³-hybridized carbons (Fsp3) is 0.211. The Morgan fingerprint density at radius 1 is 1.24 bits per heavy atom. The van der Waals surface area contributed by atoms with E-state index in [0.717, 1.165) is 11.8 Å². The fourth-order valence-corrected chi connectivity index (χ4v) is 3.24. The van der Waals surface area contributed by atoms with Crippen molar-refractivity contribution in [2.45, 2.75) is 19.0 Å². The van der Waals surface area contributed by atoms with Gasteiger partial charge in [0.05, 0.1) is 23.8 Å². The van der Waals surface area contributed by atoms with Crippen LogP contribution in [0.3, 0.4) is 0 Å². The Hall–Kier alpha value is -3.27. The lowest BCUT2D eigenvalue weighted by Crippen LogP contribution is -2.18. The third-order valence-electron chi connectivity index (χ3n) is 3.98. The van der Waals surface area contributed by atoms with Gasteiger partial charge in [0.15, 0.2) is 10.8 Å². The van der Waals surface area contributed by atoms with Crippen molar-refractivity contribution >= 4 is 40.4 Å². The molecule has 0 unspecified atom stereocenters. The molecule has 1 aromatic carbocycles. The average Bonchev–Trinajstić information content (AvgIpc) is 2.67. The summed E-state index contributed by atoms with van der Waals surface area (Å²) in [5, 5.41) is 2.76. The summed E-state index contributed by atoms with van der Waals surface area (Å²) in [6.45, 7) is 3.29. The highest BCUT2D eigenvalue weighted by atomic mass is 32.2. The van der Waals surface area contributed by atoms with Gasteiger partial charge < -0.3 is 15.0 Å². The van der Waals surface area contributed by atoms with Crippen molar-refractivity contribution in [2.24, 2.45) is 0 Å². The molecule has 0 bridgehead atoms. The van der Waals surface area contributed by atoms with E-state index in [4.69, 9.17) is 4.74 Å². The largest absolute Gasteiger partial charge is 0.465 e. The smallest absolute Gasteiger partial charge is 0.338 e. The third-order valence-corrected chi connectivity index (χ3v) is 4.86. The highest BCUT2D eigenvalue weighted by molar-refractivity contribution is 7.99. The number of carbonyl (C=O) groups is 2. The molecule has 150 valence electrons. The molecule has 0 aliphatic carbocycles. The number of methoxy groups -OCH3 is 1. The zero-order valence-corrected chi connectivity index (χ0v) is 16.6. The van der Waals surface area contributed by atoms with E-state index in [0.29, 0.717) is 16.9 Å². The van der Waals surface area contributed by atoms with Crippen molar-refractivity contribution in [1.82, 2.24) is 15.0 Å². The maximum atomic E-state index is 13.6. The number of H-pyrrole nitrogens is 1. The van der Waals surface area contributed by atoms with E-state index in [9.17, 15) is 18.8 Å². The number of thioether (sulfide) groups is 1. The molecule has 2 heterocycles. The predicted octanol–water partition coefficient (Wildman–Crippen LogP) is 2.59. The number of carbonyl (C=O) groups excluding carboxylic acids is 2. The molecule has 0 aliphatic heterocycles. The first-order valence-corrected chi connectivity index (χ1v) is 9.46. The molecule has 0 aliphatic rings. The Labute approximate surface area is 168 Å². The van der Waals surface area contributed by atoms with Crippen LogP contribution in [0, 0.1) is 19.7 Å². The van der Waals surface area contributed by atoms with Gasteiger partial charge in [-0.1, -0.05) is 17.8 Å². The number of amides is 1. The summed E-state index contributed by atoms with van der Waals surface area (Å²) in [5.74, 6) is -1.55. The van der Waals surface area contributed by atoms with Crippen molar-refractivity contribution < 1.29 is 18.7 Å². The number of aryl methyl sites for hydroxylation is 2. The number of benzene rings is 1. The topological polar surface area (TPSA) is 114 Å².